The number of rotatable bonds is 1. The minimum Gasteiger partial charge on any atom is -0.0530 e. The molecule has 0 aromatic rings. The van der Waals surface area contributed by atoms with Crippen molar-refractivity contribution < 1.29 is 0 Å². The molecule has 0 spiro atoms. The molecule has 0 radical (unpaired) electrons. The average Bonchev–Trinajstić information content (AvgIpc) is 2.14. The van der Waals surface area contributed by atoms with Gasteiger partial charge in [0, 0.05) is 7.26 Å². The summed E-state index contributed by atoms with van der Waals surface area (Å²) in [4.78, 5) is 0. The largest absolute Gasteiger partial charge is 0.0720 e. The van der Waals surface area contributed by atoms with Crippen molar-refractivity contribution in [3.05, 3.63) is 0 Å². The highest BCUT2D eigenvalue weighted by Gasteiger charge is 2.58. The van der Waals surface area contributed by atoms with E-state index in [9.17, 15) is 0 Å². The molecule has 0 unspecified atom stereocenters. The van der Waals surface area contributed by atoms with E-state index in [2.05, 4.69) is 48.2 Å². The Morgan fingerprint density at radius 2 is 1.12 bits per heavy atom. The molecular weight excluding hydrogens is 211 g/mol. The quantitative estimate of drug-likeness (QED) is 0.529. The summed E-state index contributed by atoms with van der Waals surface area (Å²) in [5, 5.41) is 1.01. The molecule has 1 aliphatic carbocycles. The predicted octanol–water partition coefficient (Wildman–Crippen LogP) is 5.56. The van der Waals surface area contributed by atoms with Crippen LogP contribution in [0.1, 0.15) is 73.6 Å². The Bertz CT molecular complexity index is 209. The lowest BCUT2D eigenvalue weighted by Gasteiger charge is -2.50. The molecule has 0 saturated heterocycles. The van der Waals surface area contributed by atoms with Crippen molar-refractivity contribution in [3.63, 3.8) is 0 Å². The Labute approximate surface area is 104 Å². The van der Waals surface area contributed by atoms with E-state index in [-0.39, 0.29) is 0 Å². The smallest absolute Gasteiger partial charge is 0.0530 e. The van der Waals surface area contributed by atoms with Gasteiger partial charge in [0.2, 0.25) is 0 Å². The van der Waals surface area contributed by atoms with E-state index in [0.717, 1.165) is 5.66 Å². The zero-order valence-electron chi connectivity index (χ0n) is 12.6. The molecule has 0 aliphatic heterocycles. The molecule has 0 atom stereocenters. The monoisotopic (exact) mass is 243 g/mol. The van der Waals surface area contributed by atoms with Crippen molar-refractivity contribution >= 4 is 7.26 Å². The zero-order chi connectivity index (χ0) is 12.6. The van der Waals surface area contributed by atoms with Gasteiger partial charge in [0.05, 0.1) is 22.6 Å². The van der Waals surface area contributed by atoms with Gasteiger partial charge in [-0.1, -0.05) is 6.42 Å². The normalized spacial score (nSPS) is 21.2. The second-order valence-corrected chi connectivity index (χ2v) is 13.3. The third kappa shape index (κ3) is 2.47. The maximum Gasteiger partial charge on any atom is 0.0720 e. The summed E-state index contributed by atoms with van der Waals surface area (Å²) in [5.41, 5.74) is 1.03. The Hall–Kier alpha value is 0.430. The first-order valence-corrected chi connectivity index (χ1v) is 9.27. The molecule has 0 bridgehead atoms. The van der Waals surface area contributed by atoms with Crippen LogP contribution in [0.4, 0.5) is 0 Å². The van der Waals surface area contributed by atoms with Gasteiger partial charge in [0.1, 0.15) is 0 Å². The molecule has 1 aliphatic rings. The van der Waals surface area contributed by atoms with E-state index in [1.54, 1.807) is 0 Å². The van der Waals surface area contributed by atoms with Crippen LogP contribution in [0, 0.1) is 0 Å². The van der Waals surface area contributed by atoms with Crippen LogP contribution in [0.2, 0.25) is 0 Å². The van der Waals surface area contributed by atoms with Gasteiger partial charge in [0.15, 0.2) is 0 Å². The van der Waals surface area contributed by atoms with E-state index < -0.39 is 7.26 Å². The van der Waals surface area contributed by atoms with Crippen LogP contribution >= 0.6 is 7.26 Å². The Balaban J connectivity index is 3.04. The Morgan fingerprint density at radius 3 is 1.44 bits per heavy atom. The third-order valence-electron chi connectivity index (χ3n) is 5.09. The van der Waals surface area contributed by atoms with E-state index in [1.165, 1.54) is 32.1 Å². The summed E-state index contributed by atoms with van der Waals surface area (Å²) in [6.07, 6.45) is 7.43. The van der Waals surface area contributed by atoms with Gasteiger partial charge in [-0.25, -0.2) is 0 Å². The summed E-state index contributed by atoms with van der Waals surface area (Å²) in [6, 6.07) is 0. The second kappa shape index (κ2) is 4.60. The van der Waals surface area contributed by atoms with E-state index in [1.807, 2.05) is 0 Å². The summed E-state index contributed by atoms with van der Waals surface area (Å²) < 4.78 is 0. The fourth-order valence-corrected chi connectivity index (χ4v) is 9.30. The van der Waals surface area contributed by atoms with Gasteiger partial charge in [-0.05, 0) is 67.2 Å². The van der Waals surface area contributed by atoms with Gasteiger partial charge in [-0.15, -0.1) is 0 Å². The minimum atomic E-state index is -0.912. The van der Waals surface area contributed by atoms with Crippen LogP contribution < -0.4 is 0 Å². The van der Waals surface area contributed by atoms with E-state index in [0.29, 0.717) is 10.3 Å². The molecule has 1 rings (SSSR count). The van der Waals surface area contributed by atoms with Crippen LogP contribution in [-0.4, -0.2) is 22.6 Å². The second-order valence-electron chi connectivity index (χ2n) is 7.71. The summed E-state index contributed by atoms with van der Waals surface area (Å²) in [5.74, 6) is 0. The molecule has 0 nitrogen and oxygen atoms in total. The predicted molar refractivity (Wildman–Crippen MR) is 79.2 cm³/mol. The Kier molecular flexibility index (Phi) is 4.17. The highest BCUT2D eigenvalue weighted by atomic mass is 31.2. The van der Waals surface area contributed by atoms with Crippen molar-refractivity contribution in [3.8, 4) is 0 Å². The number of hydrogen-bond donors (Lipinski definition) is 0. The average molecular weight is 243 g/mol. The number of hydrogen-bond acceptors (Lipinski definition) is 0. The molecule has 0 amide bonds. The SMILES string of the molecule is CC(C)(C)[P+](C)(C1CCCCC1)C(C)(C)C. The summed E-state index contributed by atoms with van der Waals surface area (Å²) >= 11 is 0. The highest BCUT2D eigenvalue weighted by Crippen LogP contribution is 2.78. The molecule has 1 fully saturated rings. The summed E-state index contributed by atoms with van der Waals surface area (Å²) in [7, 11) is -0.912. The van der Waals surface area contributed by atoms with Gasteiger partial charge >= 0.3 is 0 Å². The standard InChI is InChI=1S/C15H32P/c1-14(2,3)16(7,15(4,5)6)13-11-9-8-10-12-13/h13H,8-12H2,1-7H3/q+1. The molecule has 1 heteroatoms. The lowest BCUT2D eigenvalue weighted by molar-refractivity contribution is 0.492. The highest BCUT2D eigenvalue weighted by molar-refractivity contribution is 7.78. The van der Waals surface area contributed by atoms with Gasteiger partial charge in [-0.3, -0.25) is 0 Å². The van der Waals surface area contributed by atoms with Crippen molar-refractivity contribution in [2.75, 3.05) is 6.66 Å². The van der Waals surface area contributed by atoms with Crippen LogP contribution in [-0.2, 0) is 0 Å². The van der Waals surface area contributed by atoms with Crippen molar-refractivity contribution in [1.29, 1.82) is 0 Å². The van der Waals surface area contributed by atoms with Crippen LogP contribution in [0.3, 0.4) is 0 Å². The lowest BCUT2D eigenvalue weighted by atomic mass is 10.0. The van der Waals surface area contributed by atoms with Crippen LogP contribution in [0.25, 0.3) is 0 Å². The van der Waals surface area contributed by atoms with E-state index >= 15 is 0 Å². The Morgan fingerprint density at radius 1 is 0.750 bits per heavy atom. The molecule has 0 aromatic carbocycles. The van der Waals surface area contributed by atoms with Gasteiger partial charge in [-0.2, -0.15) is 0 Å². The van der Waals surface area contributed by atoms with Crippen molar-refractivity contribution in [2.45, 2.75) is 89.6 Å². The maximum atomic E-state index is 2.66. The van der Waals surface area contributed by atoms with Gasteiger partial charge in [0.25, 0.3) is 0 Å². The minimum absolute atomic E-state index is 0.507. The first-order chi connectivity index (χ1) is 7.11. The fraction of sp³-hybridized carbons (Fsp3) is 1.00. The lowest BCUT2D eigenvalue weighted by Crippen LogP contribution is -2.40. The molecule has 0 heterocycles. The van der Waals surface area contributed by atoms with E-state index in [4.69, 9.17) is 0 Å². The maximum absolute atomic E-state index is 2.66. The summed E-state index contributed by atoms with van der Waals surface area (Å²) in [6.45, 7) is 17.6. The third-order valence-corrected chi connectivity index (χ3v) is 12.6. The molecule has 0 aromatic heterocycles. The first kappa shape index (κ1) is 14.5. The topological polar surface area (TPSA) is 0 Å². The molecule has 16 heavy (non-hydrogen) atoms. The fourth-order valence-electron chi connectivity index (χ4n) is 3.70. The van der Waals surface area contributed by atoms with Crippen LogP contribution in [0.15, 0.2) is 0 Å². The van der Waals surface area contributed by atoms with Crippen molar-refractivity contribution in [1.82, 2.24) is 0 Å². The first-order valence-electron chi connectivity index (χ1n) is 6.97. The molecule has 96 valence electrons. The van der Waals surface area contributed by atoms with Crippen molar-refractivity contribution in [2.24, 2.45) is 0 Å². The van der Waals surface area contributed by atoms with Crippen LogP contribution in [0.5, 0.6) is 0 Å². The van der Waals surface area contributed by atoms with Gasteiger partial charge < -0.3 is 0 Å². The molecule has 0 N–H and O–H groups in total. The zero-order valence-corrected chi connectivity index (χ0v) is 13.5. The molecular formula is C15H32P+. The molecule has 1 saturated carbocycles.